The second-order valence-electron chi connectivity index (χ2n) is 6.15. The highest BCUT2D eigenvalue weighted by Crippen LogP contribution is 2.24. The summed E-state index contributed by atoms with van der Waals surface area (Å²) in [7, 11) is 0. The highest BCUT2D eigenvalue weighted by Gasteiger charge is 2.16. The van der Waals surface area contributed by atoms with E-state index in [2.05, 4.69) is 27.2 Å². The molecule has 162 valence electrons. The van der Waals surface area contributed by atoms with Crippen molar-refractivity contribution in [2.75, 3.05) is 22.6 Å². The number of nitrogen functional groups attached to an aromatic ring is 1. The van der Waals surface area contributed by atoms with E-state index in [-0.39, 0.29) is 18.5 Å². The molecule has 2 rings (SSSR count). The van der Waals surface area contributed by atoms with E-state index in [4.69, 9.17) is 5.73 Å². The topological polar surface area (TPSA) is 79.1 Å². The van der Waals surface area contributed by atoms with E-state index in [1.54, 1.807) is 12.1 Å². The number of benzene rings is 1. The van der Waals surface area contributed by atoms with E-state index < -0.39 is 5.83 Å². The van der Waals surface area contributed by atoms with Crippen LogP contribution in [0.25, 0.3) is 0 Å². The average molecular weight is 417 g/mol. The van der Waals surface area contributed by atoms with E-state index in [0.29, 0.717) is 23.1 Å². The monoisotopic (exact) mass is 416 g/mol. The van der Waals surface area contributed by atoms with Gasteiger partial charge in [-0.3, -0.25) is 0 Å². The van der Waals surface area contributed by atoms with E-state index in [0.717, 1.165) is 0 Å². The van der Waals surface area contributed by atoms with Crippen molar-refractivity contribution in [1.82, 2.24) is 15.3 Å². The van der Waals surface area contributed by atoms with Gasteiger partial charge in [-0.25, -0.2) is 13.8 Å². The Morgan fingerprint density at radius 2 is 1.93 bits per heavy atom. The van der Waals surface area contributed by atoms with Crippen LogP contribution in [0.5, 0.6) is 0 Å². The van der Waals surface area contributed by atoms with Crippen LogP contribution in [0.4, 0.5) is 31.9 Å². The van der Waals surface area contributed by atoms with Crippen LogP contribution < -0.4 is 21.3 Å². The van der Waals surface area contributed by atoms with E-state index in [1.165, 1.54) is 42.8 Å². The van der Waals surface area contributed by atoms with E-state index >= 15 is 0 Å². The fourth-order valence-corrected chi connectivity index (χ4v) is 2.29. The summed E-state index contributed by atoms with van der Waals surface area (Å²) in [5.74, 6) is 0.0531. The first-order chi connectivity index (χ1) is 14.4. The standard InChI is InChI=1S/C20H24F2N6.C2H6/c1-4-5-6-16(22)11-24-13-28(14(2)3)19-18(23)12-25-20(27-19)26-17-9-7-15(21)8-10-17;1-2/h4-12,14,24H,1,13,23H2,2-3H3,(H,25,26,27);1-2H3/b6-5-,16-11-;. The molecule has 0 amide bonds. The Hall–Kier alpha value is -3.42. The molecule has 0 unspecified atom stereocenters. The molecule has 1 aromatic carbocycles. The maximum absolute atomic E-state index is 13.6. The maximum Gasteiger partial charge on any atom is 0.229 e. The second-order valence-corrected chi connectivity index (χ2v) is 6.15. The Balaban J connectivity index is 0.00000218. The number of nitrogens with one attached hydrogen (secondary N) is 2. The predicted octanol–water partition coefficient (Wildman–Crippen LogP) is 5.28. The Morgan fingerprint density at radius 1 is 1.27 bits per heavy atom. The van der Waals surface area contributed by atoms with Crippen LogP contribution in [0.15, 0.2) is 67.3 Å². The zero-order valence-electron chi connectivity index (χ0n) is 17.9. The van der Waals surface area contributed by atoms with Gasteiger partial charge in [0.05, 0.1) is 18.6 Å². The van der Waals surface area contributed by atoms with Gasteiger partial charge in [-0.1, -0.05) is 32.6 Å². The van der Waals surface area contributed by atoms with E-state index in [9.17, 15) is 8.78 Å². The second kappa shape index (κ2) is 12.9. The molecule has 0 atom stereocenters. The number of nitrogens with zero attached hydrogens (tertiary/aromatic N) is 3. The smallest absolute Gasteiger partial charge is 0.229 e. The van der Waals surface area contributed by atoms with Crippen molar-refractivity contribution >= 4 is 23.1 Å². The van der Waals surface area contributed by atoms with Crippen molar-refractivity contribution < 1.29 is 8.78 Å². The quantitative estimate of drug-likeness (QED) is 0.381. The van der Waals surface area contributed by atoms with Crippen LogP contribution in [0.1, 0.15) is 27.7 Å². The number of anilines is 4. The van der Waals surface area contributed by atoms with Gasteiger partial charge >= 0.3 is 0 Å². The number of hydrogen-bond donors (Lipinski definition) is 3. The van der Waals surface area contributed by atoms with Crippen LogP contribution in [0, 0.1) is 5.82 Å². The lowest BCUT2D eigenvalue weighted by atomic mass is 10.3. The van der Waals surface area contributed by atoms with Crippen LogP contribution in [-0.2, 0) is 0 Å². The summed E-state index contributed by atoms with van der Waals surface area (Å²) >= 11 is 0. The minimum absolute atomic E-state index is 0.0311. The van der Waals surface area contributed by atoms with Gasteiger partial charge in [0, 0.05) is 17.9 Å². The summed E-state index contributed by atoms with van der Waals surface area (Å²) in [5, 5.41) is 5.91. The zero-order valence-corrected chi connectivity index (χ0v) is 17.9. The summed E-state index contributed by atoms with van der Waals surface area (Å²) in [4.78, 5) is 10.5. The van der Waals surface area contributed by atoms with Crippen LogP contribution in [-0.4, -0.2) is 22.7 Å². The molecule has 0 saturated carbocycles. The van der Waals surface area contributed by atoms with Crippen molar-refractivity contribution in [2.45, 2.75) is 33.7 Å². The van der Waals surface area contributed by atoms with Crippen LogP contribution in [0.2, 0.25) is 0 Å². The normalized spacial score (nSPS) is 11.1. The van der Waals surface area contributed by atoms with Crippen molar-refractivity contribution in [3.8, 4) is 0 Å². The molecule has 0 bridgehead atoms. The SMILES string of the molecule is C=C/C=C\C(F)=C\NCN(c1nc(Nc2ccc(F)cc2)ncc1N)C(C)C.CC. The number of allylic oxidation sites excluding steroid dienone is 4. The summed E-state index contributed by atoms with van der Waals surface area (Å²) < 4.78 is 26.7. The zero-order chi connectivity index (χ0) is 22.5. The molecular formula is C22H30F2N6. The molecule has 0 aliphatic rings. The lowest BCUT2D eigenvalue weighted by molar-refractivity contribution is 0.620. The number of hydrogen-bond acceptors (Lipinski definition) is 6. The minimum atomic E-state index is -0.432. The highest BCUT2D eigenvalue weighted by atomic mass is 19.1. The number of aromatic nitrogens is 2. The van der Waals surface area contributed by atoms with Gasteiger partial charge in [-0.2, -0.15) is 4.98 Å². The first-order valence-corrected chi connectivity index (χ1v) is 9.70. The Bertz CT molecular complexity index is 847. The number of rotatable bonds is 9. The van der Waals surface area contributed by atoms with Gasteiger partial charge in [0.1, 0.15) is 11.6 Å². The van der Waals surface area contributed by atoms with Gasteiger partial charge < -0.3 is 21.3 Å². The van der Waals surface area contributed by atoms with Crippen molar-refractivity contribution in [3.05, 3.63) is 73.1 Å². The Morgan fingerprint density at radius 3 is 2.53 bits per heavy atom. The molecule has 0 spiro atoms. The van der Waals surface area contributed by atoms with Gasteiger partial charge in [0.2, 0.25) is 5.95 Å². The lowest BCUT2D eigenvalue weighted by Crippen LogP contribution is -2.38. The summed E-state index contributed by atoms with van der Waals surface area (Å²) in [5.41, 5.74) is 7.08. The predicted molar refractivity (Wildman–Crippen MR) is 122 cm³/mol. The molecule has 30 heavy (non-hydrogen) atoms. The first kappa shape index (κ1) is 24.6. The molecule has 0 fully saturated rings. The molecule has 2 aromatic rings. The largest absolute Gasteiger partial charge is 0.394 e. The van der Waals surface area contributed by atoms with Gasteiger partial charge in [0.15, 0.2) is 5.82 Å². The van der Waals surface area contributed by atoms with Crippen molar-refractivity contribution in [2.24, 2.45) is 0 Å². The molecule has 8 heteroatoms. The fraction of sp³-hybridized carbons (Fsp3) is 0.273. The Labute approximate surface area is 177 Å². The summed E-state index contributed by atoms with van der Waals surface area (Å²) in [6.07, 6.45) is 7.04. The lowest BCUT2D eigenvalue weighted by Gasteiger charge is -2.28. The van der Waals surface area contributed by atoms with Gasteiger partial charge in [-0.15, -0.1) is 0 Å². The minimum Gasteiger partial charge on any atom is -0.394 e. The van der Waals surface area contributed by atoms with Gasteiger partial charge in [-0.05, 0) is 44.2 Å². The molecule has 4 N–H and O–H groups in total. The fourth-order valence-electron chi connectivity index (χ4n) is 2.29. The average Bonchev–Trinajstić information content (AvgIpc) is 2.74. The van der Waals surface area contributed by atoms with E-state index in [1.807, 2.05) is 32.6 Å². The summed E-state index contributed by atoms with van der Waals surface area (Å²) in [6, 6.07) is 5.88. The molecule has 0 radical (unpaired) electrons. The number of halogens is 2. The molecular weight excluding hydrogens is 386 g/mol. The highest BCUT2D eigenvalue weighted by molar-refractivity contribution is 5.65. The molecule has 0 aliphatic carbocycles. The first-order valence-electron chi connectivity index (χ1n) is 9.70. The number of nitrogens with two attached hydrogens (primary N) is 1. The summed E-state index contributed by atoms with van der Waals surface area (Å²) in [6.45, 7) is 11.7. The maximum atomic E-state index is 13.6. The van der Waals surface area contributed by atoms with Gasteiger partial charge in [0.25, 0.3) is 0 Å². The van der Waals surface area contributed by atoms with Crippen LogP contribution in [0.3, 0.4) is 0 Å². The van der Waals surface area contributed by atoms with Crippen molar-refractivity contribution in [1.29, 1.82) is 0 Å². The molecule has 0 saturated heterocycles. The van der Waals surface area contributed by atoms with Crippen molar-refractivity contribution in [3.63, 3.8) is 0 Å². The molecule has 1 heterocycles. The third-order valence-electron chi connectivity index (χ3n) is 3.68. The molecule has 1 aromatic heterocycles. The third-order valence-corrected chi connectivity index (χ3v) is 3.68. The molecule has 0 aliphatic heterocycles. The third kappa shape index (κ3) is 7.90. The molecule has 6 nitrogen and oxygen atoms in total. The van der Waals surface area contributed by atoms with Crippen LogP contribution >= 0.6 is 0 Å². The Kier molecular flexibility index (Phi) is 10.6.